The molecule has 0 unspecified atom stereocenters. The molecule has 0 heterocycles. The standard InChI is InChI=1S/C14H18O3/c1-4-16-13(10-14(15)17-5-2)12-9-7-6-8-11(12)3/h6-10H,4-5H2,1-3H3/b13-10+. The molecule has 1 aromatic rings. The Balaban J connectivity index is 3.01. The van der Waals surface area contributed by atoms with E-state index in [9.17, 15) is 4.79 Å². The van der Waals surface area contributed by atoms with Gasteiger partial charge < -0.3 is 9.47 Å². The molecule has 0 amide bonds. The molecule has 0 N–H and O–H groups in total. The molecule has 17 heavy (non-hydrogen) atoms. The van der Waals surface area contributed by atoms with Crippen LogP contribution in [0.2, 0.25) is 0 Å². The number of aryl methyl sites for hydroxylation is 1. The van der Waals surface area contributed by atoms with E-state index in [1.807, 2.05) is 38.1 Å². The van der Waals surface area contributed by atoms with Gasteiger partial charge in [0.1, 0.15) is 5.76 Å². The van der Waals surface area contributed by atoms with E-state index >= 15 is 0 Å². The lowest BCUT2D eigenvalue weighted by molar-refractivity contribution is -0.137. The summed E-state index contributed by atoms with van der Waals surface area (Å²) in [5.74, 6) is 0.184. The van der Waals surface area contributed by atoms with E-state index in [-0.39, 0.29) is 5.97 Å². The molecule has 0 aromatic heterocycles. The van der Waals surface area contributed by atoms with Gasteiger partial charge in [-0.15, -0.1) is 0 Å². The fourth-order valence-electron chi connectivity index (χ4n) is 1.49. The van der Waals surface area contributed by atoms with Crippen molar-refractivity contribution < 1.29 is 14.3 Å². The summed E-state index contributed by atoms with van der Waals surface area (Å²) >= 11 is 0. The molecule has 0 aliphatic heterocycles. The molecule has 0 aliphatic rings. The van der Waals surface area contributed by atoms with Crippen molar-refractivity contribution in [2.24, 2.45) is 0 Å². The molecular weight excluding hydrogens is 216 g/mol. The molecule has 1 rings (SSSR count). The topological polar surface area (TPSA) is 35.5 Å². The van der Waals surface area contributed by atoms with Crippen molar-refractivity contribution >= 4 is 11.7 Å². The molecule has 92 valence electrons. The predicted molar refractivity (Wildman–Crippen MR) is 67.4 cm³/mol. The van der Waals surface area contributed by atoms with Crippen LogP contribution in [-0.2, 0) is 14.3 Å². The zero-order valence-corrected chi connectivity index (χ0v) is 10.5. The van der Waals surface area contributed by atoms with Crippen LogP contribution in [0.4, 0.5) is 0 Å². The first kappa shape index (κ1) is 13.3. The van der Waals surface area contributed by atoms with Gasteiger partial charge in [-0.3, -0.25) is 0 Å². The van der Waals surface area contributed by atoms with E-state index in [0.29, 0.717) is 19.0 Å². The van der Waals surface area contributed by atoms with Gasteiger partial charge in [0.2, 0.25) is 0 Å². The molecular formula is C14H18O3. The summed E-state index contributed by atoms with van der Waals surface area (Å²) in [6.07, 6.45) is 1.40. The second-order valence-electron chi connectivity index (χ2n) is 3.51. The second kappa shape index (κ2) is 6.74. The summed E-state index contributed by atoms with van der Waals surface area (Å²) in [6.45, 7) is 6.52. The second-order valence-corrected chi connectivity index (χ2v) is 3.51. The molecule has 3 heteroatoms. The van der Waals surface area contributed by atoms with Gasteiger partial charge in [-0.1, -0.05) is 24.3 Å². The Morgan fingerprint density at radius 1 is 1.18 bits per heavy atom. The van der Waals surface area contributed by atoms with Crippen LogP contribution in [0, 0.1) is 6.92 Å². The number of carbonyl (C=O) groups excluding carboxylic acids is 1. The van der Waals surface area contributed by atoms with Gasteiger partial charge in [-0.25, -0.2) is 4.79 Å². The quantitative estimate of drug-likeness (QED) is 0.446. The van der Waals surface area contributed by atoms with Gasteiger partial charge in [-0.2, -0.15) is 0 Å². The van der Waals surface area contributed by atoms with Crippen molar-refractivity contribution in [2.75, 3.05) is 13.2 Å². The highest BCUT2D eigenvalue weighted by molar-refractivity contribution is 5.90. The van der Waals surface area contributed by atoms with E-state index < -0.39 is 0 Å². The minimum Gasteiger partial charge on any atom is -0.493 e. The molecule has 0 saturated heterocycles. The first-order valence-corrected chi connectivity index (χ1v) is 5.76. The van der Waals surface area contributed by atoms with Gasteiger partial charge in [0, 0.05) is 5.56 Å². The summed E-state index contributed by atoms with van der Waals surface area (Å²) in [4.78, 5) is 11.4. The van der Waals surface area contributed by atoms with Gasteiger partial charge in [0.15, 0.2) is 0 Å². The van der Waals surface area contributed by atoms with Crippen LogP contribution in [0.1, 0.15) is 25.0 Å². The lowest BCUT2D eigenvalue weighted by Crippen LogP contribution is -2.03. The van der Waals surface area contributed by atoms with E-state index in [4.69, 9.17) is 9.47 Å². The summed E-state index contributed by atoms with van der Waals surface area (Å²) in [5, 5.41) is 0. The lowest BCUT2D eigenvalue weighted by Gasteiger charge is -2.11. The minimum atomic E-state index is -0.376. The van der Waals surface area contributed by atoms with Crippen molar-refractivity contribution in [1.29, 1.82) is 0 Å². The molecule has 0 radical (unpaired) electrons. The van der Waals surface area contributed by atoms with E-state index in [1.54, 1.807) is 6.92 Å². The zero-order chi connectivity index (χ0) is 12.7. The molecule has 0 bridgehead atoms. The number of benzene rings is 1. The van der Waals surface area contributed by atoms with E-state index in [1.165, 1.54) is 6.08 Å². The van der Waals surface area contributed by atoms with Gasteiger partial charge in [-0.05, 0) is 26.3 Å². The highest BCUT2D eigenvalue weighted by atomic mass is 16.5. The lowest BCUT2D eigenvalue weighted by atomic mass is 10.1. The first-order valence-electron chi connectivity index (χ1n) is 5.76. The summed E-state index contributed by atoms with van der Waals surface area (Å²) in [7, 11) is 0. The maximum Gasteiger partial charge on any atom is 0.334 e. The summed E-state index contributed by atoms with van der Waals surface area (Å²) in [5.41, 5.74) is 1.99. The van der Waals surface area contributed by atoms with Crippen LogP contribution in [-0.4, -0.2) is 19.2 Å². The number of rotatable bonds is 5. The highest BCUT2D eigenvalue weighted by Crippen LogP contribution is 2.19. The summed E-state index contributed by atoms with van der Waals surface area (Å²) in [6, 6.07) is 7.77. The minimum absolute atomic E-state index is 0.364. The molecule has 0 fully saturated rings. The van der Waals surface area contributed by atoms with Crippen LogP contribution >= 0.6 is 0 Å². The average Bonchev–Trinajstić information content (AvgIpc) is 2.29. The Hall–Kier alpha value is -1.77. The van der Waals surface area contributed by atoms with Crippen LogP contribution in [0.5, 0.6) is 0 Å². The smallest absolute Gasteiger partial charge is 0.334 e. The van der Waals surface area contributed by atoms with Crippen LogP contribution < -0.4 is 0 Å². The van der Waals surface area contributed by atoms with Crippen LogP contribution in [0.25, 0.3) is 5.76 Å². The average molecular weight is 234 g/mol. The third kappa shape index (κ3) is 3.94. The molecule has 3 nitrogen and oxygen atoms in total. The van der Waals surface area contributed by atoms with Crippen LogP contribution in [0.3, 0.4) is 0 Å². The normalized spacial score (nSPS) is 11.1. The third-order valence-electron chi connectivity index (χ3n) is 2.25. The maximum absolute atomic E-state index is 11.4. The molecule has 0 spiro atoms. The third-order valence-corrected chi connectivity index (χ3v) is 2.25. The van der Waals surface area contributed by atoms with Gasteiger partial charge >= 0.3 is 5.97 Å². The first-order chi connectivity index (χ1) is 8.19. The van der Waals surface area contributed by atoms with Crippen molar-refractivity contribution in [3.63, 3.8) is 0 Å². The molecule has 0 aliphatic carbocycles. The van der Waals surface area contributed by atoms with Crippen LogP contribution in [0.15, 0.2) is 30.3 Å². The number of ether oxygens (including phenoxy) is 2. The Morgan fingerprint density at radius 3 is 2.41 bits per heavy atom. The Bertz CT molecular complexity index is 408. The predicted octanol–water partition coefficient (Wildman–Crippen LogP) is 2.94. The Labute approximate surface area is 102 Å². The van der Waals surface area contributed by atoms with Crippen molar-refractivity contribution in [3.8, 4) is 0 Å². The monoisotopic (exact) mass is 234 g/mol. The number of hydrogen-bond acceptors (Lipinski definition) is 3. The van der Waals surface area contributed by atoms with Crippen molar-refractivity contribution in [2.45, 2.75) is 20.8 Å². The van der Waals surface area contributed by atoms with E-state index in [0.717, 1.165) is 11.1 Å². The fraction of sp³-hybridized carbons (Fsp3) is 0.357. The molecule has 0 atom stereocenters. The fourth-order valence-corrected chi connectivity index (χ4v) is 1.49. The SMILES string of the molecule is CCOC(=O)/C=C(/OCC)c1ccccc1C. The number of carbonyl (C=O) groups is 1. The Kier molecular flexibility index (Phi) is 5.27. The molecule has 1 aromatic carbocycles. The summed E-state index contributed by atoms with van der Waals surface area (Å²) < 4.78 is 10.4. The zero-order valence-electron chi connectivity index (χ0n) is 10.5. The highest BCUT2D eigenvalue weighted by Gasteiger charge is 2.08. The number of hydrogen-bond donors (Lipinski definition) is 0. The number of esters is 1. The molecule has 0 saturated carbocycles. The Morgan fingerprint density at radius 2 is 1.82 bits per heavy atom. The van der Waals surface area contributed by atoms with Gasteiger partial charge in [0.25, 0.3) is 0 Å². The maximum atomic E-state index is 11.4. The van der Waals surface area contributed by atoms with Crippen molar-refractivity contribution in [1.82, 2.24) is 0 Å². The van der Waals surface area contributed by atoms with E-state index in [2.05, 4.69) is 0 Å². The van der Waals surface area contributed by atoms with Crippen molar-refractivity contribution in [3.05, 3.63) is 41.5 Å². The largest absolute Gasteiger partial charge is 0.493 e. The van der Waals surface area contributed by atoms with Gasteiger partial charge in [0.05, 0.1) is 19.3 Å².